The number of rotatable bonds is 7. The highest BCUT2D eigenvalue weighted by Gasteiger charge is 2.09. The molecular weight excluding hydrogens is 268 g/mol. The van der Waals surface area contributed by atoms with Crippen molar-refractivity contribution in [3.63, 3.8) is 0 Å². The highest BCUT2D eigenvalue weighted by molar-refractivity contribution is 5.92. The second kappa shape index (κ2) is 9.00. The molecule has 0 radical (unpaired) electrons. The number of ether oxygens (including phenoxy) is 1. The minimum Gasteiger partial charge on any atom is -0.462 e. The van der Waals surface area contributed by atoms with E-state index < -0.39 is 0 Å². The van der Waals surface area contributed by atoms with E-state index in [0.717, 1.165) is 25.8 Å². The van der Waals surface area contributed by atoms with Gasteiger partial charge in [0.1, 0.15) is 0 Å². The topological polar surface area (TPSA) is 58.6 Å². The molecule has 1 rings (SSSR count). The van der Waals surface area contributed by atoms with Crippen LogP contribution in [0.3, 0.4) is 0 Å². The highest BCUT2D eigenvalue weighted by Crippen LogP contribution is 2.11. The van der Waals surface area contributed by atoms with Crippen LogP contribution in [0.15, 0.2) is 24.3 Å². The number of carbonyl (C=O) groups is 2. The number of nitrogens with zero attached hydrogens (tertiary/aromatic N) is 1. The predicted molar refractivity (Wildman–Crippen MR) is 83.6 cm³/mol. The molecule has 0 bridgehead atoms. The van der Waals surface area contributed by atoms with Crippen molar-refractivity contribution in [1.29, 1.82) is 0 Å². The zero-order valence-corrected chi connectivity index (χ0v) is 13.0. The predicted octanol–water partition coefficient (Wildman–Crippen LogP) is 3.52. The minimum absolute atomic E-state index is 0.144. The van der Waals surface area contributed by atoms with E-state index >= 15 is 0 Å². The lowest BCUT2D eigenvalue weighted by Crippen LogP contribution is -2.32. The third kappa shape index (κ3) is 5.85. The van der Waals surface area contributed by atoms with Crippen LogP contribution in [0.4, 0.5) is 10.5 Å². The van der Waals surface area contributed by atoms with Crippen LogP contribution < -0.4 is 5.32 Å². The first-order valence-corrected chi connectivity index (χ1v) is 7.37. The van der Waals surface area contributed by atoms with Crippen molar-refractivity contribution in [1.82, 2.24) is 4.90 Å². The first-order chi connectivity index (χ1) is 10.1. The smallest absolute Gasteiger partial charge is 0.338 e. The average Bonchev–Trinajstić information content (AvgIpc) is 2.48. The van der Waals surface area contributed by atoms with Crippen molar-refractivity contribution in [2.24, 2.45) is 0 Å². The highest BCUT2D eigenvalue weighted by atomic mass is 16.5. The Morgan fingerprint density at radius 3 is 2.38 bits per heavy atom. The summed E-state index contributed by atoms with van der Waals surface area (Å²) in [5.74, 6) is -0.355. The molecule has 0 spiro atoms. The van der Waals surface area contributed by atoms with E-state index in [2.05, 4.69) is 12.2 Å². The van der Waals surface area contributed by atoms with Gasteiger partial charge < -0.3 is 15.0 Å². The normalized spacial score (nSPS) is 10.0. The molecule has 1 N–H and O–H groups in total. The Labute approximate surface area is 126 Å². The number of amides is 2. The van der Waals surface area contributed by atoms with Crippen molar-refractivity contribution >= 4 is 17.7 Å². The van der Waals surface area contributed by atoms with Gasteiger partial charge in [-0.25, -0.2) is 9.59 Å². The van der Waals surface area contributed by atoms with E-state index in [-0.39, 0.29) is 12.0 Å². The van der Waals surface area contributed by atoms with Gasteiger partial charge in [0, 0.05) is 19.3 Å². The number of urea groups is 1. The summed E-state index contributed by atoms with van der Waals surface area (Å²) in [6, 6.07) is 6.54. The summed E-state index contributed by atoms with van der Waals surface area (Å²) in [5.41, 5.74) is 1.14. The van der Waals surface area contributed by atoms with Gasteiger partial charge in [-0.15, -0.1) is 0 Å². The van der Waals surface area contributed by atoms with Gasteiger partial charge in [0.2, 0.25) is 0 Å². The molecule has 1 aromatic carbocycles. The molecule has 5 heteroatoms. The molecule has 0 unspecified atom stereocenters. The zero-order valence-electron chi connectivity index (χ0n) is 13.0. The third-order valence-corrected chi connectivity index (χ3v) is 3.09. The van der Waals surface area contributed by atoms with E-state index in [1.807, 2.05) is 0 Å². The molecule has 0 aliphatic rings. The number of benzene rings is 1. The Kier molecular flexibility index (Phi) is 7.29. The number of unbranched alkanes of at least 4 members (excludes halogenated alkanes) is 2. The Hall–Kier alpha value is -2.04. The van der Waals surface area contributed by atoms with Crippen LogP contribution in [0.5, 0.6) is 0 Å². The molecule has 1 aromatic rings. The molecule has 21 heavy (non-hydrogen) atoms. The van der Waals surface area contributed by atoms with E-state index in [1.54, 1.807) is 43.1 Å². The number of nitrogens with one attached hydrogen (secondary N) is 1. The van der Waals surface area contributed by atoms with Crippen LogP contribution in [0.2, 0.25) is 0 Å². The second-order valence-electron chi connectivity index (χ2n) is 4.86. The number of hydrogen-bond donors (Lipinski definition) is 1. The molecule has 116 valence electrons. The maximum absolute atomic E-state index is 12.0. The quantitative estimate of drug-likeness (QED) is 0.618. The lowest BCUT2D eigenvalue weighted by molar-refractivity contribution is 0.0526. The fourth-order valence-electron chi connectivity index (χ4n) is 1.82. The van der Waals surface area contributed by atoms with Gasteiger partial charge in [0.05, 0.1) is 12.2 Å². The molecule has 0 saturated carbocycles. The maximum atomic E-state index is 12.0. The summed E-state index contributed by atoms with van der Waals surface area (Å²) in [6.07, 6.45) is 3.25. The third-order valence-electron chi connectivity index (χ3n) is 3.09. The van der Waals surface area contributed by atoms with Crippen LogP contribution in [-0.4, -0.2) is 37.1 Å². The fourth-order valence-corrected chi connectivity index (χ4v) is 1.82. The number of anilines is 1. The summed E-state index contributed by atoms with van der Waals surface area (Å²) in [7, 11) is 1.78. The molecule has 2 amide bonds. The molecule has 0 aliphatic heterocycles. The summed E-state index contributed by atoms with van der Waals surface area (Å²) in [6.45, 7) is 4.98. The molecule has 0 saturated heterocycles. The Balaban J connectivity index is 2.51. The molecular formula is C16H24N2O3. The lowest BCUT2D eigenvalue weighted by atomic mass is 10.2. The fraction of sp³-hybridized carbons (Fsp3) is 0.500. The number of esters is 1. The molecule has 0 heterocycles. The van der Waals surface area contributed by atoms with Crippen molar-refractivity contribution in [3.05, 3.63) is 29.8 Å². The SMILES string of the molecule is CCCCCN(C)C(=O)Nc1ccc(C(=O)OCC)cc1. The second-order valence-corrected chi connectivity index (χ2v) is 4.86. The molecule has 5 nitrogen and oxygen atoms in total. The molecule has 0 fully saturated rings. The summed E-state index contributed by atoms with van der Waals surface area (Å²) >= 11 is 0. The van der Waals surface area contributed by atoms with Gasteiger partial charge in [0.25, 0.3) is 0 Å². The number of hydrogen-bond acceptors (Lipinski definition) is 3. The monoisotopic (exact) mass is 292 g/mol. The number of carbonyl (C=O) groups excluding carboxylic acids is 2. The van der Waals surface area contributed by atoms with Crippen molar-refractivity contribution in [3.8, 4) is 0 Å². The van der Waals surface area contributed by atoms with Crippen molar-refractivity contribution in [2.45, 2.75) is 33.1 Å². The van der Waals surface area contributed by atoms with Gasteiger partial charge >= 0.3 is 12.0 Å². The summed E-state index contributed by atoms with van der Waals surface area (Å²) in [5, 5.41) is 2.80. The zero-order chi connectivity index (χ0) is 15.7. The van der Waals surface area contributed by atoms with Crippen LogP contribution >= 0.6 is 0 Å². The van der Waals surface area contributed by atoms with Gasteiger partial charge in [-0.05, 0) is 37.6 Å². The van der Waals surface area contributed by atoms with E-state index in [1.165, 1.54) is 0 Å². The Morgan fingerprint density at radius 2 is 1.81 bits per heavy atom. The lowest BCUT2D eigenvalue weighted by Gasteiger charge is -2.17. The first kappa shape index (κ1) is 17.0. The van der Waals surface area contributed by atoms with Crippen molar-refractivity contribution < 1.29 is 14.3 Å². The average molecular weight is 292 g/mol. The van der Waals surface area contributed by atoms with Crippen LogP contribution in [-0.2, 0) is 4.74 Å². The largest absolute Gasteiger partial charge is 0.462 e. The van der Waals surface area contributed by atoms with E-state index in [4.69, 9.17) is 4.74 Å². The van der Waals surface area contributed by atoms with E-state index in [0.29, 0.717) is 17.9 Å². The molecule has 0 atom stereocenters. The standard InChI is InChI=1S/C16H24N2O3/c1-4-6-7-12-18(3)16(20)17-14-10-8-13(9-11-14)15(19)21-5-2/h8-11H,4-7,12H2,1-3H3,(H,17,20). The molecule has 0 aliphatic carbocycles. The van der Waals surface area contributed by atoms with Crippen molar-refractivity contribution in [2.75, 3.05) is 25.5 Å². The summed E-state index contributed by atoms with van der Waals surface area (Å²) in [4.78, 5) is 25.1. The van der Waals surface area contributed by atoms with Gasteiger partial charge in [-0.2, -0.15) is 0 Å². The van der Waals surface area contributed by atoms with Gasteiger partial charge in [-0.3, -0.25) is 0 Å². The van der Waals surface area contributed by atoms with Crippen LogP contribution in [0, 0.1) is 0 Å². The Bertz CT molecular complexity index is 457. The minimum atomic E-state index is -0.355. The van der Waals surface area contributed by atoms with Gasteiger partial charge in [-0.1, -0.05) is 19.8 Å². The maximum Gasteiger partial charge on any atom is 0.338 e. The first-order valence-electron chi connectivity index (χ1n) is 7.37. The Morgan fingerprint density at radius 1 is 1.14 bits per heavy atom. The van der Waals surface area contributed by atoms with Crippen LogP contribution in [0.25, 0.3) is 0 Å². The molecule has 0 aromatic heterocycles. The van der Waals surface area contributed by atoms with Gasteiger partial charge in [0.15, 0.2) is 0 Å². The summed E-state index contributed by atoms with van der Waals surface area (Å²) < 4.78 is 4.91. The van der Waals surface area contributed by atoms with E-state index in [9.17, 15) is 9.59 Å². The van der Waals surface area contributed by atoms with Crippen LogP contribution in [0.1, 0.15) is 43.5 Å².